The van der Waals surface area contributed by atoms with E-state index in [1.807, 2.05) is 32.0 Å². The number of halogens is 1. The molecule has 0 radical (unpaired) electrons. The summed E-state index contributed by atoms with van der Waals surface area (Å²) in [6.07, 6.45) is 1.56. The second-order valence-corrected chi connectivity index (χ2v) is 7.99. The molecule has 0 bridgehead atoms. The zero-order valence-electron chi connectivity index (χ0n) is 15.2. The molecular formula is C20H20FN3O2S. The predicted octanol–water partition coefficient (Wildman–Crippen LogP) is 4.69. The van der Waals surface area contributed by atoms with Crippen LogP contribution in [0.3, 0.4) is 0 Å². The molecule has 5 nitrogen and oxygen atoms in total. The third-order valence-electron chi connectivity index (χ3n) is 4.18. The molecule has 2 N–H and O–H groups in total. The number of sulfonamides is 1. The number of aryl methyl sites for hydroxylation is 3. The number of nitrogens with one attached hydrogen (secondary N) is 2. The summed E-state index contributed by atoms with van der Waals surface area (Å²) < 4.78 is 40.6. The summed E-state index contributed by atoms with van der Waals surface area (Å²) in [6.45, 7) is 5.56. The predicted molar refractivity (Wildman–Crippen MR) is 105 cm³/mol. The highest BCUT2D eigenvalue weighted by atomic mass is 32.2. The SMILES string of the molecule is Cc1cc(F)ccc1S(=O)(=O)Nc1ccc(Nc2c(C)cccc2C)cn1. The van der Waals surface area contributed by atoms with Crippen LogP contribution in [0.4, 0.5) is 21.6 Å². The normalized spacial score (nSPS) is 11.3. The summed E-state index contributed by atoms with van der Waals surface area (Å²) in [5, 5.41) is 3.30. The van der Waals surface area contributed by atoms with Gasteiger partial charge in [-0.2, -0.15) is 0 Å². The maximum atomic E-state index is 13.2. The lowest BCUT2D eigenvalue weighted by atomic mass is 10.1. The van der Waals surface area contributed by atoms with E-state index in [2.05, 4.69) is 15.0 Å². The first kappa shape index (κ1) is 18.8. The molecule has 0 saturated heterocycles. The van der Waals surface area contributed by atoms with Crippen LogP contribution in [-0.2, 0) is 10.0 Å². The van der Waals surface area contributed by atoms with Crippen molar-refractivity contribution in [3.63, 3.8) is 0 Å². The van der Waals surface area contributed by atoms with Gasteiger partial charge in [0.2, 0.25) is 0 Å². The van der Waals surface area contributed by atoms with Crippen molar-refractivity contribution >= 4 is 27.2 Å². The summed E-state index contributed by atoms with van der Waals surface area (Å²) in [7, 11) is -3.85. The Morgan fingerprint density at radius 2 is 1.63 bits per heavy atom. The zero-order chi connectivity index (χ0) is 19.6. The number of hydrogen-bond acceptors (Lipinski definition) is 4. The molecular weight excluding hydrogens is 365 g/mol. The van der Waals surface area contributed by atoms with Crippen LogP contribution in [0.15, 0.2) is 59.6 Å². The summed E-state index contributed by atoms with van der Waals surface area (Å²) in [6, 6.07) is 12.9. The highest BCUT2D eigenvalue weighted by Gasteiger charge is 2.18. The number of hydrogen-bond donors (Lipinski definition) is 2. The highest BCUT2D eigenvalue weighted by molar-refractivity contribution is 7.92. The standard InChI is InChI=1S/C20H20FN3O2S/c1-13-5-4-6-14(2)20(13)23-17-8-10-19(22-12-17)24-27(25,26)18-9-7-16(21)11-15(18)3/h4-12,23H,1-3H3,(H,22,24). The molecule has 3 aromatic rings. The minimum atomic E-state index is -3.85. The van der Waals surface area contributed by atoms with Gasteiger partial charge in [0, 0.05) is 5.69 Å². The molecule has 0 atom stereocenters. The van der Waals surface area contributed by atoms with Crippen LogP contribution in [0.5, 0.6) is 0 Å². The van der Waals surface area contributed by atoms with Crippen molar-refractivity contribution in [2.45, 2.75) is 25.7 Å². The molecule has 0 aliphatic rings. The first-order valence-electron chi connectivity index (χ1n) is 8.34. The molecule has 0 aliphatic heterocycles. The summed E-state index contributed by atoms with van der Waals surface area (Å²) >= 11 is 0. The molecule has 2 aromatic carbocycles. The number of benzene rings is 2. The van der Waals surface area contributed by atoms with Crippen LogP contribution >= 0.6 is 0 Å². The minimum Gasteiger partial charge on any atom is -0.354 e. The van der Waals surface area contributed by atoms with Crippen LogP contribution in [-0.4, -0.2) is 13.4 Å². The van der Waals surface area contributed by atoms with E-state index in [1.54, 1.807) is 25.3 Å². The first-order valence-corrected chi connectivity index (χ1v) is 9.83. The lowest BCUT2D eigenvalue weighted by molar-refractivity contribution is 0.598. The molecule has 1 heterocycles. The second-order valence-electron chi connectivity index (χ2n) is 6.34. The Kier molecular flexibility index (Phi) is 5.14. The van der Waals surface area contributed by atoms with Gasteiger partial charge in [-0.3, -0.25) is 4.72 Å². The topological polar surface area (TPSA) is 71.1 Å². The molecule has 0 saturated carbocycles. The molecule has 27 heavy (non-hydrogen) atoms. The van der Waals surface area contributed by atoms with E-state index < -0.39 is 15.8 Å². The first-order chi connectivity index (χ1) is 12.8. The molecule has 0 aliphatic carbocycles. The molecule has 0 amide bonds. The number of anilines is 3. The van der Waals surface area contributed by atoms with Crippen LogP contribution in [0.2, 0.25) is 0 Å². The van der Waals surface area contributed by atoms with Crippen LogP contribution in [0.25, 0.3) is 0 Å². The van der Waals surface area contributed by atoms with Gasteiger partial charge < -0.3 is 5.32 Å². The largest absolute Gasteiger partial charge is 0.354 e. The van der Waals surface area contributed by atoms with Gasteiger partial charge in [-0.1, -0.05) is 18.2 Å². The van der Waals surface area contributed by atoms with Gasteiger partial charge in [-0.05, 0) is 67.8 Å². The van der Waals surface area contributed by atoms with Crippen LogP contribution in [0.1, 0.15) is 16.7 Å². The molecule has 140 valence electrons. The Labute approximate surface area is 158 Å². The van der Waals surface area contributed by atoms with E-state index in [1.165, 1.54) is 12.1 Å². The van der Waals surface area contributed by atoms with E-state index in [4.69, 9.17) is 0 Å². The van der Waals surface area contributed by atoms with Gasteiger partial charge in [0.15, 0.2) is 0 Å². The molecule has 0 spiro atoms. The van der Waals surface area contributed by atoms with Gasteiger partial charge in [-0.25, -0.2) is 17.8 Å². The zero-order valence-corrected chi connectivity index (χ0v) is 16.1. The van der Waals surface area contributed by atoms with Gasteiger partial charge in [0.05, 0.1) is 16.8 Å². The summed E-state index contributed by atoms with van der Waals surface area (Å²) in [5.41, 5.74) is 4.27. The summed E-state index contributed by atoms with van der Waals surface area (Å²) in [5.74, 6) is -0.294. The van der Waals surface area contributed by atoms with Gasteiger partial charge in [0.25, 0.3) is 10.0 Å². The van der Waals surface area contributed by atoms with Crippen molar-refractivity contribution in [3.8, 4) is 0 Å². The van der Waals surface area contributed by atoms with Gasteiger partial charge >= 0.3 is 0 Å². The van der Waals surface area contributed by atoms with Crippen LogP contribution in [0, 0.1) is 26.6 Å². The Hall–Kier alpha value is -2.93. The molecule has 7 heteroatoms. The molecule has 1 aromatic heterocycles. The number of aromatic nitrogens is 1. The molecule has 0 fully saturated rings. The Morgan fingerprint density at radius 3 is 2.22 bits per heavy atom. The fourth-order valence-corrected chi connectivity index (χ4v) is 4.03. The fraction of sp³-hybridized carbons (Fsp3) is 0.150. The van der Waals surface area contributed by atoms with Crippen LogP contribution < -0.4 is 10.0 Å². The maximum absolute atomic E-state index is 13.2. The third kappa shape index (κ3) is 4.25. The third-order valence-corrected chi connectivity index (χ3v) is 5.69. The molecule has 3 rings (SSSR count). The van der Waals surface area contributed by atoms with E-state index in [0.29, 0.717) is 5.56 Å². The average molecular weight is 385 g/mol. The smallest absolute Gasteiger partial charge is 0.263 e. The van der Waals surface area contributed by atoms with Crippen molar-refractivity contribution in [2.75, 3.05) is 10.0 Å². The van der Waals surface area contributed by atoms with Crippen molar-refractivity contribution in [3.05, 3.63) is 77.2 Å². The maximum Gasteiger partial charge on any atom is 0.263 e. The highest BCUT2D eigenvalue weighted by Crippen LogP contribution is 2.25. The number of rotatable bonds is 5. The van der Waals surface area contributed by atoms with E-state index >= 15 is 0 Å². The Morgan fingerprint density at radius 1 is 0.926 bits per heavy atom. The van der Waals surface area contributed by atoms with Gasteiger partial charge in [0.1, 0.15) is 11.6 Å². The number of para-hydroxylation sites is 1. The minimum absolute atomic E-state index is 0.0171. The second kappa shape index (κ2) is 7.36. The van der Waals surface area contributed by atoms with E-state index in [0.717, 1.165) is 28.6 Å². The number of nitrogens with zero attached hydrogens (tertiary/aromatic N) is 1. The molecule has 0 unspecified atom stereocenters. The fourth-order valence-electron chi connectivity index (χ4n) is 2.79. The van der Waals surface area contributed by atoms with Crippen molar-refractivity contribution in [1.29, 1.82) is 0 Å². The van der Waals surface area contributed by atoms with Gasteiger partial charge in [-0.15, -0.1) is 0 Å². The lowest BCUT2D eigenvalue weighted by Crippen LogP contribution is -2.15. The van der Waals surface area contributed by atoms with E-state index in [-0.39, 0.29) is 10.7 Å². The Balaban J connectivity index is 1.79. The monoisotopic (exact) mass is 385 g/mol. The van der Waals surface area contributed by atoms with Crippen molar-refractivity contribution in [2.24, 2.45) is 0 Å². The average Bonchev–Trinajstić information content (AvgIpc) is 2.59. The van der Waals surface area contributed by atoms with E-state index in [9.17, 15) is 12.8 Å². The summed E-state index contributed by atoms with van der Waals surface area (Å²) in [4.78, 5) is 4.18. The van der Waals surface area contributed by atoms with Crippen molar-refractivity contribution in [1.82, 2.24) is 4.98 Å². The lowest BCUT2D eigenvalue weighted by Gasteiger charge is -2.13. The Bertz CT molecular complexity index is 1060. The quantitative estimate of drug-likeness (QED) is 0.668. The number of pyridine rings is 1. The van der Waals surface area contributed by atoms with Crippen molar-refractivity contribution < 1.29 is 12.8 Å².